The normalized spacial score (nSPS) is 12.1. The van der Waals surface area contributed by atoms with Crippen molar-refractivity contribution in [3.8, 4) is 0 Å². The van der Waals surface area contributed by atoms with Gasteiger partial charge in [0.05, 0.1) is 16.0 Å². The first-order chi connectivity index (χ1) is 13.1. The predicted octanol–water partition coefficient (Wildman–Crippen LogP) is 3.43. The van der Waals surface area contributed by atoms with E-state index >= 15 is 0 Å². The van der Waals surface area contributed by atoms with E-state index in [-0.39, 0.29) is 27.8 Å². The predicted molar refractivity (Wildman–Crippen MR) is 97.9 cm³/mol. The van der Waals surface area contributed by atoms with Gasteiger partial charge in [-0.2, -0.15) is 13.2 Å². The molecule has 0 aliphatic heterocycles. The Hall–Kier alpha value is -2.11. The fourth-order valence-corrected chi connectivity index (χ4v) is 4.42. The SMILES string of the molecule is CCc1ccc(S(=O)(=O)NCCSc2ncccc2C(F)(F)F)cc1C(=O)O. The standard InChI is InChI=1S/C17H17F3N2O4S2/c1-2-11-5-6-12(10-13(11)16(23)24)28(25,26)22-8-9-27-15-14(17(18,19)20)4-3-7-21-15/h3-7,10,22H,2,8-9H2,1H3,(H,23,24). The summed E-state index contributed by atoms with van der Waals surface area (Å²) >= 11 is 0.772. The molecule has 152 valence electrons. The van der Waals surface area contributed by atoms with Gasteiger partial charge in [0.2, 0.25) is 10.0 Å². The fourth-order valence-electron chi connectivity index (χ4n) is 2.36. The number of nitrogens with one attached hydrogen (secondary N) is 1. The number of carbonyl (C=O) groups is 1. The summed E-state index contributed by atoms with van der Waals surface area (Å²) in [5, 5.41) is 8.96. The van der Waals surface area contributed by atoms with Crippen LogP contribution in [-0.4, -0.2) is 36.8 Å². The number of sulfonamides is 1. The van der Waals surface area contributed by atoms with Crippen molar-refractivity contribution in [1.29, 1.82) is 0 Å². The molecule has 0 aliphatic carbocycles. The van der Waals surface area contributed by atoms with Crippen LogP contribution in [0.5, 0.6) is 0 Å². The number of alkyl halides is 3. The highest BCUT2D eigenvalue weighted by atomic mass is 32.2. The number of aryl methyl sites for hydroxylation is 1. The Kier molecular flexibility index (Phi) is 7.07. The Bertz CT molecular complexity index is 963. The van der Waals surface area contributed by atoms with Crippen LogP contribution in [0, 0.1) is 0 Å². The average molecular weight is 434 g/mol. The summed E-state index contributed by atoms with van der Waals surface area (Å²) in [5.41, 5.74) is -0.496. The van der Waals surface area contributed by atoms with E-state index in [2.05, 4.69) is 9.71 Å². The van der Waals surface area contributed by atoms with Gasteiger partial charge in [-0.05, 0) is 36.2 Å². The molecular formula is C17H17F3N2O4S2. The van der Waals surface area contributed by atoms with Crippen LogP contribution in [0.2, 0.25) is 0 Å². The summed E-state index contributed by atoms with van der Waals surface area (Å²) in [6.45, 7) is 1.59. The van der Waals surface area contributed by atoms with E-state index in [1.54, 1.807) is 6.92 Å². The molecule has 0 aliphatic rings. The Balaban J connectivity index is 2.06. The Labute approximate surface area is 164 Å². The third kappa shape index (κ3) is 5.46. The second-order valence-corrected chi connectivity index (χ2v) is 8.43. The number of nitrogens with zero attached hydrogens (tertiary/aromatic N) is 1. The number of hydrogen-bond acceptors (Lipinski definition) is 5. The molecule has 0 saturated heterocycles. The third-order valence-corrected chi connectivity index (χ3v) is 6.18. The van der Waals surface area contributed by atoms with Crippen molar-refractivity contribution < 1.29 is 31.5 Å². The van der Waals surface area contributed by atoms with Crippen LogP contribution in [0.25, 0.3) is 0 Å². The molecule has 1 aromatic heterocycles. The summed E-state index contributed by atoms with van der Waals surface area (Å²) in [5.74, 6) is -1.22. The maximum Gasteiger partial charge on any atom is 0.419 e. The third-order valence-electron chi connectivity index (χ3n) is 3.71. The summed E-state index contributed by atoms with van der Waals surface area (Å²) in [7, 11) is -4.00. The van der Waals surface area contributed by atoms with Gasteiger partial charge in [0.15, 0.2) is 0 Å². The van der Waals surface area contributed by atoms with Crippen LogP contribution in [0.3, 0.4) is 0 Å². The highest BCUT2D eigenvalue weighted by Gasteiger charge is 2.34. The lowest BCUT2D eigenvalue weighted by Gasteiger charge is -2.12. The molecule has 0 atom stereocenters. The summed E-state index contributed by atoms with van der Waals surface area (Å²) in [6.07, 6.45) is -2.90. The fraction of sp³-hybridized carbons (Fsp3) is 0.294. The molecule has 2 rings (SSSR count). The lowest BCUT2D eigenvalue weighted by atomic mass is 10.1. The second-order valence-electron chi connectivity index (χ2n) is 5.58. The molecule has 2 aromatic rings. The van der Waals surface area contributed by atoms with Crippen LogP contribution >= 0.6 is 11.8 Å². The number of carboxylic acid groups (broad SMARTS) is 1. The van der Waals surface area contributed by atoms with E-state index in [9.17, 15) is 31.5 Å². The van der Waals surface area contributed by atoms with E-state index in [0.717, 1.165) is 23.9 Å². The van der Waals surface area contributed by atoms with Gasteiger partial charge in [0.1, 0.15) is 5.03 Å². The Morgan fingerprint density at radius 3 is 2.61 bits per heavy atom. The van der Waals surface area contributed by atoms with E-state index < -0.39 is 27.7 Å². The van der Waals surface area contributed by atoms with Crippen molar-refractivity contribution in [2.24, 2.45) is 0 Å². The largest absolute Gasteiger partial charge is 0.478 e. The van der Waals surface area contributed by atoms with Gasteiger partial charge in [0, 0.05) is 18.5 Å². The lowest BCUT2D eigenvalue weighted by molar-refractivity contribution is -0.140. The average Bonchev–Trinajstić information content (AvgIpc) is 2.64. The van der Waals surface area contributed by atoms with Gasteiger partial charge in [-0.15, -0.1) is 11.8 Å². The first-order valence-corrected chi connectivity index (χ1v) is 10.5. The van der Waals surface area contributed by atoms with Gasteiger partial charge in [0.25, 0.3) is 0 Å². The van der Waals surface area contributed by atoms with Gasteiger partial charge < -0.3 is 5.11 Å². The molecule has 1 heterocycles. The number of benzene rings is 1. The number of aromatic carboxylic acids is 1. The zero-order chi connectivity index (χ0) is 20.9. The molecule has 1 aromatic carbocycles. The van der Waals surface area contributed by atoms with Crippen molar-refractivity contribution in [1.82, 2.24) is 9.71 Å². The molecule has 0 radical (unpaired) electrons. The summed E-state index contributed by atoms with van der Waals surface area (Å²) in [6, 6.07) is 5.87. The zero-order valence-electron chi connectivity index (χ0n) is 14.7. The number of thioether (sulfide) groups is 1. The molecule has 6 nitrogen and oxygen atoms in total. The van der Waals surface area contributed by atoms with Crippen molar-refractivity contribution in [2.75, 3.05) is 12.3 Å². The first-order valence-electron chi connectivity index (χ1n) is 8.07. The van der Waals surface area contributed by atoms with Crippen molar-refractivity contribution in [2.45, 2.75) is 29.4 Å². The minimum atomic E-state index is -4.55. The van der Waals surface area contributed by atoms with Gasteiger partial charge in [-0.25, -0.2) is 22.9 Å². The molecule has 0 unspecified atom stereocenters. The van der Waals surface area contributed by atoms with Crippen LogP contribution in [-0.2, 0) is 22.6 Å². The van der Waals surface area contributed by atoms with Crippen molar-refractivity contribution in [3.63, 3.8) is 0 Å². The number of rotatable bonds is 8. The molecule has 0 saturated carbocycles. The van der Waals surface area contributed by atoms with Crippen LogP contribution < -0.4 is 4.72 Å². The smallest absolute Gasteiger partial charge is 0.419 e. The minimum Gasteiger partial charge on any atom is -0.478 e. The summed E-state index contributed by atoms with van der Waals surface area (Å²) in [4.78, 5) is 14.7. The van der Waals surface area contributed by atoms with E-state index in [0.29, 0.717) is 12.0 Å². The maximum absolute atomic E-state index is 12.9. The molecule has 0 bridgehead atoms. The Morgan fingerprint density at radius 2 is 2.00 bits per heavy atom. The van der Waals surface area contributed by atoms with E-state index in [1.165, 1.54) is 24.4 Å². The van der Waals surface area contributed by atoms with Gasteiger partial charge in [-0.3, -0.25) is 0 Å². The van der Waals surface area contributed by atoms with E-state index in [4.69, 9.17) is 0 Å². The minimum absolute atomic E-state index is 0.0121. The molecule has 0 fully saturated rings. The molecule has 2 N–H and O–H groups in total. The second kappa shape index (κ2) is 8.93. The van der Waals surface area contributed by atoms with Crippen LogP contribution in [0.15, 0.2) is 46.5 Å². The monoisotopic (exact) mass is 434 g/mol. The Morgan fingerprint density at radius 1 is 1.29 bits per heavy atom. The van der Waals surface area contributed by atoms with Crippen LogP contribution in [0.4, 0.5) is 13.2 Å². The lowest BCUT2D eigenvalue weighted by Crippen LogP contribution is -2.26. The zero-order valence-corrected chi connectivity index (χ0v) is 16.3. The van der Waals surface area contributed by atoms with Gasteiger partial charge >= 0.3 is 12.1 Å². The number of aromatic nitrogens is 1. The van der Waals surface area contributed by atoms with Crippen molar-refractivity contribution in [3.05, 3.63) is 53.2 Å². The quantitative estimate of drug-likeness (QED) is 0.488. The summed E-state index contributed by atoms with van der Waals surface area (Å²) < 4.78 is 65.7. The van der Waals surface area contributed by atoms with Crippen LogP contribution in [0.1, 0.15) is 28.4 Å². The number of pyridine rings is 1. The molecule has 11 heteroatoms. The number of carboxylic acids is 1. The highest BCUT2D eigenvalue weighted by Crippen LogP contribution is 2.35. The maximum atomic E-state index is 12.9. The van der Waals surface area contributed by atoms with E-state index in [1.807, 2.05) is 0 Å². The molecular weight excluding hydrogens is 417 g/mol. The molecule has 28 heavy (non-hydrogen) atoms. The van der Waals surface area contributed by atoms with Crippen molar-refractivity contribution >= 4 is 27.8 Å². The topological polar surface area (TPSA) is 96.4 Å². The molecule has 0 amide bonds. The van der Waals surface area contributed by atoms with Gasteiger partial charge in [-0.1, -0.05) is 13.0 Å². The number of hydrogen-bond donors (Lipinski definition) is 2. The first kappa shape index (κ1) is 22.2. The molecule has 0 spiro atoms. The number of halogens is 3. The highest BCUT2D eigenvalue weighted by molar-refractivity contribution is 7.99.